The molecule has 1 heterocycles. The molecule has 0 amide bonds. The van der Waals surface area contributed by atoms with Crippen molar-refractivity contribution in [3.05, 3.63) is 33.9 Å². The molecule has 0 fully saturated rings. The molecule has 0 bridgehead atoms. The predicted molar refractivity (Wildman–Crippen MR) is 70.3 cm³/mol. The van der Waals surface area contributed by atoms with E-state index in [1.54, 1.807) is 13.8 Å². The fourth-order valence-corrected chi connectivity index (χ4v) is 2.64. The largest absolute Gasteiger partial charge is 0.487 e. The molecule has 0 unspecified atom stereocenters. The number of aliphatic hydroxyl groups excluding tert-OH is 1. The van der Waals surface area contributed by atoms with E-state index in [1.165, 1.54) is 6.07 Å². The van der Waals surface area contributed by atoms with Crippen molar-refractivity contribution in [2.24, 2.45) is 5.73 Å². The average molecular weight is 302 g/mol. The maximum atomic E-state index is 14.2. The van der Waals surface area contributed by atoms with E-state index >= 15 is 0 Å². The van der Waals surface area contributed by atoms with Crippen LogP contribution in [0.25, 0.3) is 0 Å². The fraction of sp³-hybridized carbons (Fsp3) is 0.538. The third-order valence-electron chi connectivity index (χ3n) is 3.60. The van der Waals surface area contributed by atoms with Gasteiger partial charge in [0.25, 0.3) is 11.6 Å². The van der Waals surface area contributed by atoms with Gasteiger partial charge in [-0.25, -0.2) is 8.78 Å². The topological polar surface area (TPSA) is 98.6 Å². The van der Waals surface area contributed by atoms with Gasteiger partial charge in [0.1, 0.15) is 23.5 Å². The minimum atomic E-state index is -3.64. The van der Waals surface area contributed by atoms with Gasteiger partial charge in [0.05, 0.1) is 4.92 Å². The van der Waals surface area contributed by atoms with E-state index in [2.05, 4.69) is 0 Å². The van der Waals surface area contributed by atoms with Gasteiger partial charge in [-0.15, -0.1) is 0 Å². The van der Waals surface area contributed by atoms with Crippen LogP contribution in [-0.4, -0.2) is 28.2 Å². The highest BCUT2D eigenvalue weighted by Gasteiger charge is 2.58. The summed E-state index contributed by atoms with van der Waals surface area (Å²) in [6, 6.07) is 3.40. The molecule has 0 aliphatic carbocycles. The molecule has 1 atom stereocenters. The quantitative estimate of drug-likeness (QED) is 0.656. The van der Waals surface area contributed by atoms with Crippen LogP contribution in [-0.2, 0) is 5.54 Å². The number of alkyl halides is 2. The van der Waals surface area contributed by atoms with Crippen LogP contribution in [0, 0.1) is 10.1 Å². The normalized spacial score (nSPS) is 24.1. The molecule has 1 aliphatic heterocycles. The Balaban J connectivity index is 2.68. The number of ether oxygens (including phenoxy) is 1. The van der Waals surface area contributed by atoms with Crippen molar-refractivity contribution in [3.63, 3.8) is 0 Å². The molecule has 1 aliphatic rings. The molecule has 6 nitrogen and oxygen atoms in total. The van der Waals surface area contributed by atoms with Gasteiger partial charge >= 0.3 is 0 Å². The minimum absolute atomic E-state index is 0.0625. The van der Waals surface area contributed by atoms with E-state index in [0.29, 0.717) is 0 Å². The summed E-state index contributed by atoms with van der Waals surface area (Å²) in [7, 11) is 0. The van der Waals surface area contributed by atoms with Gasteiger partial charge in [0, 0.05) is 24.1 Å². The summed E-state index contributed by atoms with van der Waals surface area (Å²) < 4.78 is 33.9. The van der Waals surface area contributed by atoms with Gasteiger partial charge in [-0.3, -0.25) is 10.1 Å². The first-order valence-electron chi connectivity index (χ1n) is 6.28. The van der Waals surface area contributed by atoms with Crippen LogP contribution in [0.1, 0.15) is 25.8 Å². The summed E-state index contributed by atoms with van der Waals surface area (Å²) in [4.78, 5) is 10.1. The summed E-state index contributed by atoms with van der Waals surface area (Å²) in [5.74, 6) is -3.58. The molecule has 0 saturated carbocycles. The predicted octanol–water partition coefficient (Wildman–Crippen LogP) is 1.94. The highest BCUT2D eigenvalue weighted by atomic mass is 19.3. The first kappa shape index (κ1) is 15.6. The van der Waals surface area contributed by atoms with E-state index in [1.807, 2.05) is 0 Å². The summed E-state index contributed by atoms with van der Waals surface area (Å²) in [6.45, 7) is 1.72. The SMILES string of the molecule is CC1(C)C[C@](N)(C(F)(F)CO)c2cc([N+](=O)[O-])ccc2O1. The van der Waals surface area contributed by atoms with Crippen molar-refractivity contribution in [1.82, 2.24) is 0 Å². The number of aliphatic hydroxyl groups is 1. The van der Waals surface area contributed by atoms with Crippen LogP contribution in [0.15, 0.2) is 18.2 Å². The van der Waals surface area contributed by atoms with Crippen LogP contribution in [0.3, 0.4) is 0 Å². The Bertz CT molecular complexity index is 592. The first-order chi connectivity index (χ1) is 9.52. The summed E-state index contributed by atoms with van der Waals surface area (Å²) in [6.07, 6.45) is -0.290. The van der Waals surface area contributed by atoms with Crippen LogP contribution >= 0.6 is 0 Å². The number of non-ortho nitro benzene ring substituents is 1. The molecule has 3 N–H and O–H groups in total. The summed E-state index contributed by atoms with van der Waals surface area (Å²) in [5, 5.41) is 19.8. The number of fused-ring (bicyclic) bond motifs is 1. The Labute approximate surface area is 119 Å². The van der Waals surface area contributed by atoms with Crippen LogP contribution in [0.5, 0.6) is 5.75 Å². The number of hydrogen-bond donors (Lipinski definition) is 2. The van der Waals surface area contributed by atoms with Gasteiger partial charge < -0.3 is 15.6 Å². The molecule has 0 radical (unpaired) electrons. The highest BCUT2D eigenvalue weighted by Crippen LogP contribution is 2.50. The number of rotatable bonds is 3. The van der Waals surface area contributed by atoms with Crippen molar-refractivity contribution in [1.29, 1.82) is 0 Å². The van der Waals surface area contributed by atoms with E-state index < -0.39 is 28.6 Å². The number of hydrogen-bond acceptors (Lipinski definition) is 5. The zero-order chi connectivity index (χ0) is 16.1. The molecule has 1 aromatic rings. The van der Waals surface area contributed by atoms with Gasteiger partial charge in [0.15, 0.2) is 0 Å². The smallest absolute Gasteiger partial charge is 0.292 e. The van der Waals surface area contributed by atoms with Crippen LogP contribution < -0.4 is 10.5 Å². The molecule has 0 aromatic heterocycles. The van der Waals surface area contributed by atoms with Gasteiger partial charge in [-0.2, -0.15) is 0 Å². The van der Waals surface area contributed by atoms with Gasteiger partial charge in [-0.05, 0) is 19.9 Å². The molecular formula is C13H16F2N2O4. The van der Waals surface area contributed by atoms with E-state index in [-0.39, 0.29) is 23.4 Å². The lowest BCUT2D eigenvalue weighted by atomic mass is 9.74. The fourth-order valence-electron chi connectivity index (χ4n) is 2.64. The minimum Gasteiger partial charge on any atom is -0.487 e. The van der Waals surface area contributed by atoms with Crippen molar-refractivity contribution in [2.75, 3.05) is 6.61 Å². The lowest BCUT2D eigenvalue weighted by molar-refractivity contribution is -0.385. The second-order valence-corrected chi connectivity index (χ2v) is 5.81. The second kappa shape index (κ2) is 4.60. The Morgan fingerprint density at radius 3 is 2.67 bits per heavy atom. The van der Waals surface area contributed by atoms with E-state index in [4.69, 9.17) is 15.6 Å². The second-order valence-electron chi connectivity index (χ2n) is 5.81. The molecule has 0 saturated heterocycles. The Morgan fingerprint density at radius 2 is 2.14 bits per heavy atom. The van der Waals surface area contributed by atoms with E-state index in [9.17, 15) is 18.9 Å². The third-order valence-corrected chi connectivity index (χ3v) is 3.60. The highest BCUT2D eigenvalue weighted by molar-refractivity contribution is 5.50. The van der Waals surface area contributed by atoms with Gasteiger partial charge in [0.2, 0.25) is 0 Å². The van der Waals surface area contributed by atoms with Gasteiger partial charge in [-0.1, -0.05) is 0 Å². The molecule has 2 rings (SSSR count). The third kappa shape index (κ3) is 2.44. The zero-order valence-electron chi connectivity index (χ0n) is 11.6. The first-order valence-corrected chi connectivity index (χ1v) is 6.28. The van der Waals surface area contributed by atoms with Crippen molar-refractivity contribution >= 4 is 5.69 Å². The molecule has 8 heteroatoms. The Kier molecular flexibility index (Phi) is 3.42. The molecular weight excluding hydrogens is 286 g/mol. The maximum absolute atomic E-state index is 14.2. The number of benzene rings is 1. The molecule has 1 aromatic carbocycles. The standard InChI is InChI=1S/C13H16F2N2O4/c1-11(2)6-12(16,13(14,15)7-18)9-5-8(17(19)20)3-4-10(9)21-11/h3-5,18H,6-7,16H2,1-2H3/t12-/m1/s1. The number of nitrogens with two attached hydrogens (primary N) is 1. The molecule has 21 heavy (non-hydrogen) atoms. The number of nitro groups is 1. The van der Waals surface area contributed by atoms with Crippen LogP contribution in [0.2, 0.25) is 0 Å². The number of nitrogens with zero attached hydrogens (tertiary/aromatic N) is 1. The molecule has 116 valence electrons. The lowest BCUT2D eigenvalue weighted by Crippen LogP contribution is -2.61. The number of halogens is 2. The van der Waals surface area contributed by atoms with Crippen molar-refractivity contribution in [2.45, 2.75) is 37.3 Å². The van der Waals surface area contributed by atoms with Crippen molar-refractivity contribution in [3.8, 4) is 5.75 Å². The zero-order valence-corrected chi connectivity index (χ0v) is 11.6. The monoisotopic (exact) mass is 302 g/mol. The van der Waals surface area contributed by atoms with Crippen LogP contribution in [0.4, 0.5) is 14.5 Å². The molecule has 0 spiro atoms. The summed E-state index contributed by atoms with van der Waals surface area (Å²) in [5.41, 5.74) is 2.12. The average Bonchev–Trinajstić information content (AvgIpc) is 2.36. The Morgan fingerprint density at radius 1 is 1.52 bits per heavy atom. The Hall–Kier alpha value is -1.80. The lowest BCUT2D eigenvalue weighted by Gasteiger charge is -2.46. The van der Waals surface area contributed by atoms with E-state index in [0.717, 1.165) is 12.1 Å². The maximum Gasteiger partial charge on any atom is 0.292 e. The number of nitro benzene ring substituents is 1. The van der Waals surface area contributed by atoms with Crippen molar-refractivity contribution < 1.29 is 23.5 Å². The summed E-state index contributed by atoms with van der Waals surface area (Å²) >= 11 is 0.